The first kappa shape index (κ1) is 16.2. The van der Waals surface area contributed by atoms with Crippen molar-refractivity contribution in [2.75, 3.05) is 6.54 Å². The first-order valence-corrected chi connectivity index (χ1v) is 8.53. The minimum Gasteiger partial charge on any atom is -0.387 e. The molecule has 124 valence electrons. The number of carbonyl (C=O) groups excluding carboxylic acids is 1. The van der Waals surface area contributed by atoms with Gasteiger partial charge in [-0.25, -0.2) is 4.79 Å². The Morgan fingerprint density at radius 3 is 2.79 bits per heavy atom. The van der Waals surface area contributed by atoms with Gasteiger partial charge in [0, 0.05) is 13.0 Å². The minimum atomic E-state index is -0.517. The minimum absolute atomic E-state index is 0.0473. The Bertz CT molecular complexity index is 838. The van der Waals surface area contributed by atoms with Gasteiger partial charge in [-0.3, -0.25) is 4.79 Å². The normalized spacial score (nSPS) is 10.7. The monoisotopic (exact) mass is 343 g/mol. The molecule has 1 N–H and O–H groups in total. The molecule has 0 atom stereocenters. The van der Waals surface area contributed by atoms with Crippen molar-refractivity contribution in [3.05, 3.63) is 64.0 Å². The Hall–Kier alpha value is -2.67. The molecule has 0 bridgehead atoms. The second kappa shape index (κ2) is 7.74. The first-order chi connectivity index (χ1) is 11.7. The van der Waals surface area contributed by atoms with E-state index >= 15 is 0 Å². The molecule has 6 nitrogen and oxygen atoms in total. The molecule has 1 amide bonds. The third-order valence-electron chi connectivity index (χ3n) is 3.47. The highest BCUT2D eigenvalue weighted by Gasteiger charge is 2.11. The fraction of sp³-hybridized carbons (Fsp3) is 0.235. The molecule has 24 heavy (non-hydrogen) atoms. The molecule has 1 aromatic carbocycles. The van der Waals surface area contributed by atoms with Crippen LogP contribution in [0.5, 0.6) is 0 Å². The van der Waals surface area contributed by atoms with Crippen LogP contribution in [0.25, 0.3) is 10.8 Å². The number of aryl methyl sites for hydroxylation is 1. The molecule has 7 heteroatoms. The second-order valence-electron chi connectivity index (χ2n) is 5.21. The van der Waals surface area contributed by atoms with E-state index in [1.165, 1.54) is 16.0 Å². The van der Waals surface area contributed by atoms with E-state index in [0.717, 1.165) is 10.4 Å². The summed E-state index contributed by atoms with van der Waals surface area (Å²) in [7, 11) is 0. The molecule has 0 unspecified atom stereocenters. The molecule has 0 aliphatic rings. The summed E-state index contributed by atoms with van der Waals surface area (Å²) >= 11 is 1.45. The molecule has 0 saturated carbocycles. The molecule has 3 aromatic rings. The predicted molar refractivity (Wildman–Crippen MR) is 91.8 cm³/mol. The zero-order valence-corrected chi connectivity index (χ0v) is 13.8. The van der Waals surface area contributed by atoms with Crippen molar-refractivity contribution in [1.29, 1.82) is 0 Å². The zero-order valence-electron chi connectivity index (χ0n) is 13.0. The van der Waals surface area contributed by atoms with Crippen LogP contribution >= 0.6 is 11.3 Å². The molecule has 3 rings (SSSR count). The van der Waals surface area contributed by atoms with E-state index in [0.29, 0.717) is 25.3 Å². The summed E-state index contributed by atoms with van der Waals surface area (Å²) in [6.45, 7) is 0.620. The average Bonchev–Trinajstić information content (AvgIpc) is 3.24. The summed E-state index contributed by atoms with van der Waals surface area (Å²) in [6.07, 6.45) is 1.11. The number of benzene rings is 1. The topological polar surface area (TPSA) is 77.1 Å². The van der Waals surface area contributed by atoms with Crippen LogP contribution in [0.15, 0.2) is 57.1 Å². The highest BCUT2D eigenvalue weighted by Crippen LogP contribution is 2.20. The van der Waals surface area contributed by atoms with Gasteiger partial charge in [0.15, 0.2) is 0 Å². The fourth-order valence-corrected chi connectivity index (χ4v) is 2.88. The van der Waals surface area contributed by atoms with Crippen molar-refractivity contribution >= 4 is 17.2 Å². The third-order valence-corrected chi connectivity index (χ3v) is 4.33. The lowest BCUT2D eigenvalue weighted by Crippen LogP contribution is -2.30. The molecular weight excluding hydrogens is 326 g/mol. The summed E-state index contributed by atoms with van der Waals surface area (Å²) < 4.78 is 6.34. The third kappa shape index (κ3) is 4.20. The Labute approximate surface area is 142 Å². The summed E-state index contributed by atoms with van der Waals surface area (Å²) in [6, 6.07) is 13.6. The van der Waals surface area contributed by atoms with Crippen molar-refractivity contribution < 1.29 is 9.21 Å². The van der Waals surface area contributed by atoms with E-state index in [-0.39, 0.29) is 12.5 Å². The summed E-state index contributed by atoms with van der Waals surface area (Å²) in [5, 5.41) is 8.82. The quantitative estimate of drug-likeness (QED) is 0.714. The van der Waals surface area contributed by atoms with Crippen molar-refractivity contribution in [1.82, 2.24) is 15.1 Å². The van der Waals surface area contributed by atoms with Crippen LogP contribution in [0.4, 0.5) is 0 Å². The van der Waals surface area contributed by atoms with Crippen LogP contribution in [0.2, 0.25) is 0 Å². The standard InChI is InChI=1S/C17H17N3O3S/c21-15(9-8-13-5-2-1-3-6-13)18-10-11-20-17(22)23-16(19-20)14-7-4-12-24-14/h1-7,12H,8-11H2,(H,18,21). The summed E-state index contributed by atoms with van der Waals surface area (Å²) in [5.74, 6) is -0.254. The molecule has 0 radical (unpaired) electrons. The molecule has 0 aliphatic heterocycles. The number of thiophene rings is 1. The number of amides is 1. The molecule has 2 aromatic heterocycles. The van der Waals surface area contributed by atoms with Crippen LogP contribution in [-0.2, 0) is 17.8 Å². The lowest BCUT2D eigenvalue weighted by Gasteiger charge is -2.04. The number of nitrogens with zero attached hydrogens (tertiary/aromatic N) is 2. The predicted octanol–water partition coefficient (Wildman–Crippen LogP) is 2.31. The fourth-order valence-electron chi connectivity index (χ4n) is 2.24. The SMILES string of the molecule is O=C(CCc1ccccc1)NCCn1nc(-c2cccs2)oc1=O. The van der Waals surface area contributed by atoms with Gasteiger partial charge < -0.3 is 9.73 Å². The lowest BCUT2D eigenvalue weighted by atomic mass is 10.1. The van der Waals surface area contributed by atoms with E-state index in [1.807, 2.05) is 47.8 Å². The number of hydrogen-bond donors (Lipinski definition) is 1. The number of aromatic nitrogens is 2. The van der Waals surface area contributed by atoms with E-state index in [9.17, 15) is 9.59 Å². The van der Waals surface area contributed by atoms with Gasteiger partial charge in [0.25, 0.3) is 5.89 Å². The Balaban J connectivity index is 1.46. The van der Waals surface area contributed by atoms with Crippen LogP contribution in [-0.4, -0.2) is 22.2 Å². The molecular formula is C17H17N3O3S. The van der Waals surface area contributed by atoms with Crippen LogP contribution in [0, 0.1) is 0 Å². The maximum absolute atomic E-state index is 11.8. The van der Waals surface area contributed by atoms with Crippen molar-refractivity contribution in [2.45, 2.75) is 19.4 Å². The smallest absolute Gasteiger partial charge is 0.387 e. The zero-order chi connectivity index (χ0) is 16.8. The van der Waals surface area contributed by atoms with Crippen LogP contribution < -0.4 is 11.1 Å². The van der Waals surface area contributed by atoms with Gasteiger partial charge in [-0.15, -0.1) is 16.4 Å². The van der Waals surface area contributed by atoms with Gasteiger partial charge in [0.2, 0.25) is 5.91 Å². The van der Waals surface area contributed by atoms with E-state index in [1.54, 1.807) is 0 Å². The molecule has 0 spiro atoms. The number of rotatable bonds is 7. The maximum atomic E-state index is 11.8. The largest absolute Gasteiger partial charge is 0.437 e. The van der Waals surface area contributed by atoms with E-state index < -0.39 is 5.76 Å². The summed E-state index contributed by atoms with van der Waals surface area (Å²) in [5.41, 5.74) is 1.13. The van der Waals surface area contributed by atoms with Gasteiger partial charge in [0.05, 0.1) is 11.4 Å². The Kier molecular flexibility index (Phi) is 5.22. The number of hydrogen-bond acceptors (Lipinski definition) is 5. The van der Waals surface area contributed by atoms with Crippen molar-refractivity contribution in [2.24, 2.45) is 0 Å². The van der Waals surface area contributed by atoms with Crippen LogP contribution in [0.1, 0.15) is 12.0 Å². The van der Waals surface area contributed by atoms with E-state index in [4.69, 9.17) is 4.42 Å². The van der Waals surface area contributed by atoms with Gasteiger partial charge in [-0.1, -0.05) is 36.4 Å². The van der Waals surface area contributed by atoms with Crippen LogP contribution in [0.3, 0.4) is 0 Å². The lowest BCUT2D eigenvalue weighted by molar-refractivity contribution is -0.121. The van der Waals surface area contributed by atoms with Gasteiger partial charge >= 0.3 is 5.76 Å². The molecule has 0 aliphatic carbocycles. The number of carbonyl (C=O) groups is 1. The highest BCUT2D eigenvalue weighted by molar-refractivity contribution is 7.13. The molecule has 0 saturated heterocycles. The second-order valence-corrected chi connectivity index (χ2v) is 6.16. The Morgan fingerprint density at radius 1 is 1.21 bits per heavy atom. The van der Waals surface area contributed by atoms with Gasteiger partial charge in [-0.2, -0.15) is 4.68 Å². The van der Waals surface area contributed by atoms with Gasteiger partial charge in [0.1, 0.15) is 0 Å². The van der Waals surface area contributed by atoms with Crippen molar-refractivity contribution in [3.63, 3.8) is 0 Å². The highest BCUT2D eigenvalue weighted by atomic mass is 32.1. The molecule has 2 heterocycles. The number of nitrogens with one attached hydrogen (secondary N) is 1. The Morgan fingerprint density at radius 2 is 2.04 bits per heavy atom. The maximum Gasteiger partial charge on any atom is 0.437 e. The van der Waals surface area contributed by atoms with E-state index in [2.05, 4.69) is 10.4 Å². The first-order valence-electron chi connectivity index (χ1n) is 7.65. The molecule has 0 fully saturated rings. The average molecular weight is 343 g/mol. The van der Waals surface area contributed by atoms with Gasteiger partial charge in [-0.05, 0) is 23.4 Å². The summed E-state index contributed by atoms with van der Waals surface area (Å²) in [4.78, 5) is 24.4. The van der Waals surface area contributed by atoms with Crippen molar-refractivity contribution in [3.8, 4) is 10.8 Å².